The molecule has 1 atom stereocenters. The van der Waals surface area contributed by atoms with Gasteiger partial charge >= 0.3 is 0 Å². The molecule has 1 aliphatic heterocycles. The maximum atomic E-state index is 5.99. The molecule has 5 nitrogen and oxygen atoms in total. The molecule has 5 heteroatoms. The number of ether oxygens (including phenoxy) is 1. The van der Waals surface area contributed by atoms with Gasteiger partial charge in [0.1, 0.15) is 5.82 Å². The van der Waals surface area contributed by atoms with E-state index < -0.39 is 0 Å². The normalized spacial score (nSPS) is 21.9. The lowest BCUT2D eigenvalue weighted by molar-refractivity contribution is -0.0750. The van der Waals surface area contributed by atoms with Crippen molar-refractivity contribution in [1.82, 2.24) is 15.3 Å². The van der Waals surface area contributed by atoms with E-state index in [1.807, 2.05) is 13.2 Å². The third kappa shape index (κ3) is 3.92. The molecule has 1 aromatic rings. The second-order valence-corrected chi connectivity index (χ2v) is 6.81. The predicted octanol–water partition coefficient (Wildman–Crippen LogP) is 2.32. The molecule has 21 heavy (non-hydrogen) atoms. The lowest BCUT2D eigenvalue weighted by Crippen LogP contribution is -2.52. The lowest BCUT2D eigenvalue weighted by atomic mass is 10.0. The van der Waals surface area contributed by atoms with Gasteiger partial charge < -0.3 is 15.0 Å². The van der Waals surface area contributed by atoms with Crippen LogP contribution in [0.1, 0.15) is 52.1 Å². The Kier molecular flexibility index (Phi) is 4.84. The number of nitrogens with zero attached hydrogens (tertiary/aromatic N) is 3. The van der Waals surface area contributed by atoms with Gasteiger partial charge in [0.25, 0.3) is 0 Å². The Labute approximate surface area is 128 Å². The summed E-state index contributed by atoms with van der Waals surface area (Å²) in [4.78, 5) is 11.7. The summed E-state index contributed by atoms with van der Waals surface area (Å²) in [7, 11) is 1.95. The molecule has 1 saturated heterocycles. The van der Waals surface area contributed by atoms with Crippen LogP contribution in [0, 0.1) is 0 Å². The fraction of sp³-hybridized carbons (Fsp3) is 0.750. The number of hydrogen-bond donors (Lipinski definition) is 1. The number of anilines is 1. The minimum absolute atomic E-state index is 0.148. The molecular weight excluding hydrogens is 264 g/mol. The summed E-state index contributed by atoms with van der Waals surface area (Å²) in [6.07, 6.45) is 2.18. The van der Waals surface area contributed by atoms with Gasteiger partial charge in [0.2, 0.25) is 0 Å². The highest BCUT2D eigenvalue weighted by Gasteiger charge is 2.32. The summed E-state index contributed by atoms with van der Waals surface area (Å²) in [6.45, 7) is 13.1. The standard InChI is InChI=1S/C16H28N4O/c1-11(2)15-18-8-14(13(19-15)7-17-6)20-9-12(3)21-16(4,5)10-20/h8,11-12,17H,7,9-10H2,1-6H3. The Morgan fingerprint density at radius 2 is 2.19 bits per heavy atom. The van der Waals surface area contributed by atoms with Gasteiger partial charge in [-0.1, -0.05) is 13.8 Å². The maximum absolute atomic E-state index is 5.99. The van der Waals surface area contributed by atoms with Gasteiger partial charge in [0.15, 0.2) is 0 Å². The highest BCUT2D eigenvalue weighted by atomic mass is 16.5. The summed E-state index contributed by atoms with van der Waals surface area (Å²) in [5.41, 5.74) is 2.05. The number of nitrogens with one attached hydrogen (secondary N) is 1. The van der Waals surface area contributed by atoms with Crippen LogP contribution in [0.5, 0.6) is 0 Å². The van der Waals surface area contributed by atoms with Gasteiger partial charge in [-0.2, -0.15) is 0 Å². The minimum atomic E-state index is -0.148. The molecule has 1 N–H and O–H groups in total. The Bertz CT molecular complexity index is 487. The quantitative estimate of drug-likeness (QED) is 0.923. The van der Waals surface area contributed by atoms with Crippen molar-refractivity contribution in [3.8, 4) is 0 Å². The van der Waals surface area contributed by atoms with Crippen LogP contribution in [0.25, 0.3) is 0 Å². The molecule has 0 aliphatic carbocycles. The van der Waals surface area contributed by atoms with Gasteiger partial charge in [-0.3, -0.25) is 0 Å². The summed E-state index contributed by atoms with van der Waals surface area (Å²) in [5, 5.41) is 3.21. The van der Waals surface area contributed by atoms with Crippen LogP contribution < -0.4 is 10.2 Å². The number of rotatable bonds is 4. The van der Waals surface area contributed by atoms with E-state index in [-0.39, 0.29) is 11.7 Å². The molecule has 0 spiro atoms. The smallest absolute Gasteiger partial charge is 0.131 e. The first-order valence-electron chi connectivity index (χ1n) is 7.75. The van der Waals surface area contributed by atoms with E-state index >= 15 is 0 Å². The molecule has 1 aliphatic rings. The van der Waals surface area contributed by atoms with Crippen molar-refractivity contribution in [2.75, 3.05) is 25.0 Å². The zero-order valence-corrected chi connectivity index (χ0v) is 14.1. The molecule has 0 aromatic carbocycles. The van der Waals surface area contributed by atoms with Crippen molar-refractivity contribution >= 4 is 5.69 Å². The van der Waals surface area contributed by atoms with Crippen LogP contribution in [-0.4, -0.2) is 41.8 Å². The lowest BCUT2D eigenvalue weighted by Gasteiger charge is -2.43. The first kappa shape index (κ1) is 16.2. The Hall–Kier alpha value is -1.20. The van der Waals surface area contributed by atoms with Crippen LogP contribution >= 0.6 is 0 Å². The van der Waals surface area contributed by atoms with Crippen molar-refractivity contribution in [2.45, 2.75) is 58.8 Å². The predicted molar refractivity (Wildman–Crippen MR) is 85.7 cm³/mol. The molecule has 1 aromatic heterocycles. The van der Waals surface area contributed by atoms with E-state index in [1.54, 1.807) is 0 Å². The SMILES string of the molecule is CNCc1nc(C(C)C)ncc1N1CC(C)OC(C)(C)C1. The van der Waals surface area contributed by atoms with Crippen LogP contribution in [0.4, 0.5) is 5.69 Å². The van der Waals surface area contributed by atoms with Crippen molar-refractivity contribution in [3.05, 3.63) is 17.7 Å². The molecular formula is C16H28N4O. The van der Waals surface area contributed by atoms with Crippen molar-refractivity contribution in [2.24, 2.45) is 0 Å². The number of hydrogen-bond acceptors (Lipinski definition) is 5. The van der Waals surface area contributed by atoms with Crippen molar-refractivity contribution in [3.63, 3.8) is 0 Å². The summed E-state index contributed by atoms with van der Waals surface area (Å²) < 4.78 is 5.99. The maximum Gasteiger partial charge on any atom is 0.131 e. The van der Waals surface area contributed by atoms with Gasteiger partial charge in [0, 0.05) is 25.6 Å². The fourth-order valence-corrected chi connectivity index (χ4v) is 2.90. The monoisotopic (exact) mass is 292 g/mol. The molecule has 0 radical (unpaired) electrons. The zero-order valence-electron chi connectivity index (χ0n) is 14.1. The van der Waals surface area contributed by atoms with E-state index in [9.17, 15) is 0 Å². The zero-order chi connectivity index (χ0) is 15.6. The van der Waals surface area contributed by atoms with Crippen molar-refractivity contribution in [1.29, 1.82) is 0 Å². The first-order chi connectivity index (χ1) is 9.82. The minimum Gasteiger partial charge on any atom is -0.369 e. The highest BCUT2D eigenvalue weighted by Crippen LogP contribution is 2.28. The van der Waals surface area contributed by atoms with Crippen LogP contribution in [0.3, 0.4) is 0 Å². The summed E-state index contributed by atoms with van der Waals surface area (Å²) >= 11 is 0. The van der Waals surface area contributed by atoms with E-state index in [0.29, 0.717) is 5.92 Å². The fourth-order valence-electron chi connectivity index (χ4n) is 2.90. The number of morpholine rings is 1. The van der Waals surface area contributed by atoms with Crippen molar-refractivity contribution < 1.29 is 4.74 Å². The van der Waals surface area contributed by atoms with Gasteiger partial charge in [-0.15, -0.1) is 0 Å². The third-order valence-corrected chi connectivity index (χ3v) is 3.63. The molecule has 2 rings (SSSR count). The third-order valence-electron chi connectivity index (χ3n) is 3.63. The Morgan fingerprint density at radius 3 is 2.76 bits per heavy atom. The van der Waals surface area contributed by atoms with E-state index in [0.717, 1.165) is 36.8 Å². The summed E-state index contributed by atoms with van der Waals surface area (Å²) in [5.74, 6) is 1.25. The molecule has 1 unspecified atom stereocenters. The molecule has 0 bridgehead atoms. The molecule has 118 valence electrons. The largest absolute Gasteiger partial charge is 0.369 e. The molecule has 0 amide bonds. The van der Waals surface area contributed by atoms with E-state index in [2.05, 4.69) is 49.8 Å². The second-order valence-electron chi connectivity index (χ2n) is 6.81. The van der Waals surface area contributed by atoms with Crippen LogP contribution in [0.2, 0.25) is 0 Å². The second kappa shape index (κ2) is 6.28. The van der Waals surface area contributed by atoms with Gasteiger partial charge in [0.05, 0.1) is 29.3 Å². The number of aromatic nitrogens is 2. The molecule has 0 saturated carbocycles. The Balaban J connectivity index is 2.33. The highest BCUT2D eigenvalue weighted by molar-refractivity contribution is 5.50. The van der Waals surface area contributed by atoms with Gasteiger partial charge in [-0.05, 0) is 27.8 Å². The average molecular weight is 292 g/mol. The van der Waals surface area contributed by atoms with E-state index in [4.69, 9.17) is 9.72 Å². The summed E-state index contributed by atoms with van der Waals surface area (Å²) in [6, 6.07) is 0. The van der Waals surface area contributed by atoms with Gasteiger partial charge in [-0.25, -0.2) is 9.97 Å². The first-order valence-corrected chi connectivity index (χ1v) is 7.75. The van der Waals surface area contributed by atoms with Crippen LogP contribution in [-0.2, 0) is 11.3 Å². The average Bonchev–Trinajstić information content (AvgIpc) is 2.36. The van der Waals surface area contributed by atoms with Crippen LogP contribution in [0.15, 0.2) is 6.20 Å². The molecule has 2 heterocycles. The van der Waals surface area contributed by atoms with E-state index in [1.165, 1.54) is 0 Å². The topological polar surface area (TPSA) is 50.3 Å². The Morgan fingerprint density at radius 1 is 1.48 bits per heavy atom. The molecule has 1 fully saturated rings.